The summed E-state index contributed by atoms with van der Waals surface area (Å²) in [6.45, 7) is 8.21. The fourth-order valence-electron chi connectivity index (χ4n) is 4.55. The van der Waals surface area contributed by atoms with Gasteiger partial charge >= 0.3 is 0 Å². The topological polar surface area (TPSA) is 35.8 Å². The van der Waals surface area contributed by atoms with Crippen LogP contribution in [0.2, 0.25) is 0 Å². The zero-order valence-electron chi connectivity index (χ0n) is 12.0. The summed E-state index contributed by atoms with van der Waals surface area (Å²) in [5, 5.41) is 14.6. The van der Waals surface area contributed by atoms with Crippen molar-refractivity contribution >= 4 is 11.3 Å². The van der Waals surface area contributed by atoms with Crippen LogP contribution in [0.1, 0.15) is 50.5 Å². The highest BCUT2D eigenvalue weighted by Crippen LogP contribution is 2.62. The van der Waals surface area contributed by atoms with E-state index in [1.54, 1.807) is 11.3 Å². The highest BCUT2D eigenvalue weighted by molar-refractivity contribution is 7.10. The summed E-state index contributed by atoms with van der Waals surface area (Å²) < 4.78 is 0. The van der Waals surface area contributed by atoms with Gasteiger partial charge in [-0.1, -0.05) is 20.8 Å². The van der Waals surface area contributed by atoms with Crippen LogP contribution in [-0.4, -0.2) is 6.04 Å². The molecule has 0 amide bonds. The van der Waals surface area contributed by atoms with Crippen molar-refractivity contribution in [3.63, 3.8) is 0 Å². The molecule has 0 spiro atoms. The average molecular weight is 274 g/mol. The van der Waals surface area contributed by atoms with E-state index in [-0.39, 0.29) is 0 Å². The largest absolute Gasteiger partial charge is 0.308 e. The molecule has 3 heteroatoms. The van der Waals surface area contributed by atoms with Gasteiger partial charge in [0.25, 0.3) is 0 Å². The van der Waals surface area contributed by atoms with Crippen LogP contribution in [0.25, 0.3) is 0 Å². The molecule has 0 aliphatic heterocycles. The van der Waals surface area contributed by atoms with Gasteiger partial charge in [0.1, 0.15) is 6.07 Å². The molecule has 3 unspecified atom stereocenters. The summed E-state index contributed by atoms with van der Waals surface area (Å²) in [6, 6.07) is 4.83. The number of thiophene rings is 1. The van der Waals surface area contributed by atoms with Crippen LogP contribution >= 0.6 is 11.3 Å². The van der Waals surface area contributed by atoms with Crippen LogP contribution in [0, 0.1) is 28.1 Å². The maximum absolute atomic E-state index is 8.88. The Morgan fingerprint density at radius 1 is 1.47 bits per heavy atom. The van der Waals surface area contributed by atoms with E-state index in [0.717, 1.165) is 18.0 Å². The van der Waals surface area contributed by atoms with Crippen LogP contribution in [-0.2, 0) is 6.54 Å². The van der Waals surface area contributed by atoms with E-state index in [1.165, 1.54) is 24.1 Å². The summed E-state index contributed by atoms with van der Waals surface area (Å²) >= 11 is 1.69. The molecule has 1 aromatic rings. The van der Waals surface area contributed by atoms with Crippen molar-refractivity contribution in [2.45, 2.75) is 52.6 Å². The molecule has 2 aliphatic carbocycles. The standard InChI is InChI=1S/C16H22N2S/c1-15(2)12-4-5-16(3,7-12)14(15)18-9-13-6-11(8-17)10-19-13/h6,10,12,14,18H,4-5,7,9H2,1-3H3. The number of nitrogens with zero attached hydrogens (tertiary/aromatic N) is 1. The van der Waals surface area contributed by atoms with Gasteiger partial charge in [0.15, 0.2) is 0 Å². The van der Waals surface area contributed by atoms with Crippen LogP contribution in [0.4, 0.5) is 0 Å². The molecule has 2 bridgehead atoms. The minimum absolute atomic E-state index is 0.405. The van der Waals surface area contributed by atoms with Crippen molar-refractivity contribution in [2.75, 3.05) is 0 Å². The van der Waals surface area contributed by atoms with Gasteiger partial charge in [-0.25, -0.2) is 0 Å². The van der Waals surface area contributed by atoms with Crippen molar-refractivity contribution in [1.29, 1.82) is 5.26 Å². The first-order valence-electron chi connectivity index (χ1n) is 7.16. The molecule has 102 valence electrons. The van der Waals surface area contributed by atoms with Crippen LogP contribution < -0.4 is 5.32 Å². The first-order valence-corrected chi connectivity index (χ1v) is 8.04. The molecule has 19 heavy (non-hydrogen) atoms. The van der Waals surface area contributed by atoms with Crippen LogP contribution in [0.3, 0.4) is 0 Å². The summed E-state index contributed by atoms with van der Waals surface area (Å²) in [5.74, 6) is 0.882. The molecule has 1 N–H and O–H groups in total. The Bertz CT molecular complexity index is 520. The molecule has 3 atom stereocenters. The molecule has 0 saturated heterocycles. The van der Waals surface area contributed by atoms with Crippen LogP contribution in [0.15, 0.2) is 11.4 Å². The fourth-order valence-corrected chi connectivity index (χ4v) is 5.31. The Labute approximate surface area is 119 Å². The molecule has 2 fully saturated rings. The molecule has 1 aromatic heterocycles. The van der Waals surface area contributed by atoms with Gasteiger partial charge in [0, 0.05) is 22.8 Å². The van der Waals surface area contributed by atoms with Gasteiger partial charge < -0.3 is 5.32 Å². The lowest BCUT2D eigenvalue weighted by Gasteiger charge is -2.43. The Morgan fingerprint density at radius 3 is 2.84 bits per heavy atom. The van der Waals surface area contributed by atoms with Crippen molar-refractivity contribution in [1.82, 2.24) is 5.32 Å². The second-order valence-corrected chi connectivity index (χ2v) is 8.14. The summed E-state index contributed by atoms with van der Waals surface area (Å²) in [5.41, 5.74) is 1.67. The van der Waals surface area contributed by atoms with Gasteiger partial charge in [0.05, 0.1) is 5.56 Å². The number of nitriles is 1. The van der Waals surface area contributed by atoms with Crippen molar-refractivity contribution < 1.29 is 0 Å². The van der Waals surface area contributed by atoms with E-state index in [4.69, 9.17) is 5.26 Å². The smallest absolute Gasteiger partial charge is 0.100 e. The molecular weight excluding hydrogens is 252 g/mol. The first kappa shape index (κ1) is 13.1. The average Bonchev–Trinajstić information content (AvgIpc) is 2.99. The first-order chi connectivity index (χ1) is 8.95. The molecule has 2 aliphatic rings. The third-order valence-electron chi connectivity index (χ3n) is 5.53. The lowest BCUT2D eigenvalue weighted by molar-refractivity contribution is 0.108. The lowest BCUT2D eigenvalue weighted by Crippen LogP contribution is -2.49. The predicted octanol–water partition coefficient (Wildman–Crippen LogP) is 3.92. The van der Waals surface area contributed by atoms with E-state index in [1.807, 2.05) is 11.4 Å². The van der Waals surface area contributed by atoms with E-state index in [2.05, 4.69) is 32.2 Å². The van der Waals surface area contributed by atoms with E-state index in [0.29, 0.717) is 16.9 Å². The van der Waals surface area contributed by atoms with E-state index >= 15 is 0 Å². The summed E-state index contributed by atoms with van der Waals surface area (Å²) in [6.07, 6.45) is 4.15. The van der Waals surface area contributed by atoms with Gasteiger partial charge in [-0.05, 0) is 42.1 Å². The summed E-state index contributed by atoms with van der Waals surface area (Å²) in [7, 11) is 0. The minimum atomic E-state index is 0.405. The second-order valence-electron chi connectivity index (χ2n) is 7.14. The van der Waals surface area contributed by atoms with Crippen molar-refractivity contribution in [3.05, 3.63) is 21.9 Å². The Hall–Kier alpha value is -0.850. The Morgan fingerprint density at radius 2 is 2.26 bits per heavy atom. The quantitative estimate of drug-likeness (QED) is 0.906. The monoisotopic (exact) mass is 274 g/mol. The molecule has 0 radical (unpaired) electrons. The summed E-state index contributed by atoms with van der Waals surface area (Å²) in [4.78, 5) is 1.28. The number of rotatable bonds is 3. The SMILES string of the molecule is CC12CCC(C1)C(C)(C)C2NCc1cc(C#N)cs1. The van der Waals surface area contributed by atoms with E-state index < -0.39 is 0 Å². The van der Waals surface area contributed by atoms with Gasteiger partial charge in [-0.2, -0.15) is 5.26 Å². The zero-order valence-corrected chi connectivity index (χ0v) is 12.8. The van der Waals surface area contributed by atoms with Crippen molar-refractivity contribution in [2.24, 2.45) is 16.7 Å². The van der Waals surface area contributed by atoms with Crippen LogP contribution in [0.5, 0.6) is 0 Å². The maximum Gasteiger partial charge on any atom is 0.100 e. The third-order valence-corrected chi connectivity index (χ3v) is 6.47. The zero-order chi connectivity index (χ0) is 13.7. The van der Waals surface area contributed by atoms with E-state index in [9.17, 15) is 0 Å². The number of nitrogens with one attached hydrogen (secondary N) is 1. The molecule has 0 aromatic carbocycles. The number of fused-ring (bicyclic) bond motifs is 2. The highest BCUT2D eigenvalue weighted by Gasteiger charge is 2.58. The molecule has 3 rings (SSSR count). The Balaban J connectivity index is 1.71. The maximum atomic E-state index is 8.88. The highest BCUT2D eigenvalue weighted by atomic mass is 32.1. The normalized spacial score (nSPS) is 35.5. The number of hydrogen-bond donors (Lipinski definition) is 1. The minimum Gasteiger partial charge on any atom is -0.308 e. The van der Waals surface area contributed by atoms with Gasteiger partial charge in [0.2, 0.25) is 0 Å². The molecule has 1 heterocycles. The fraction of sp³-hybridized carbons (Fsp3) is 0.688. The second kappa shape index (κ2) is 4.33. The molecule has 2 saturated carbocycles. The lowest BCUT2D eigenvalue weighted by atomic mass is 9.68. The van der Waals surface area contributed by atoms with Gasteiger partial charge in [-0.15, -0.1) is 11.3 Å². The predicted molar refractivity (Wildman–Crippen MR) is 78.9 cm³/mol. The molecular formula is C16H22N2S. The van der Waals surface area contributed by atoms with Crippen molar-refractivity contribution in [3.8, 4) is 6.07 Å². The molecule has 2 nitrogen and oxygen atoms in total. The van der Waals surface area contributed by atoms with Gasteiger partial charge in [-0.3, -0.25) is 0 Å². The third kappa shape index (κ3) is 2.02. The number of hydrogen-bond acceptors (Lipinski definition) is 3. The Kier molecular flexibility index (Phi) is 2.99.